The van der Waals surface area contributed by atoms with Crippen molar-refractivity contribution in [3.63, 3.8) is 0 Å². The number of amides is 2. The van der Waals surface area contributed by atoms with Gasteiger partial charge in [-0.15, -0.1) is 0 Å². The fourth-order valence-corrected chi connectivity index (χ4v) is 5.91. The van der Waals surface area contributed by atoms with E-state index in [-0.39, 0.29) is 29.3 Å². The van der Waals surface area contributed by atoms with E-state index in [1.165, 1.54) is 46.8 Å². The lowest BCUT2D eigenvalue weighted by molar-refractivity contribution is -0.137. The molecule has 2 N–H and O–H groups in total. The first kappa shape index (κ1) is 32.6. The van der Waals surface area contributed by atoms with Crippen LogP contribution in [-0.4, -0.2) is 42.6 Å². The minimum Gasteiger partial charge on any atom is -0.339 e. The summed E-state index contributed by atoms with van der Waals surface area (Å²) in [7, 11) is -3.97. The molecular formula is C32H29F4N5O4S. The number of carbonyl (C=O) groups is 2. The fourth-order valence-electron chi connectivity index (χ4n) is 5.33. The molecule has 0 aliphatic carbocycles. The third kappa shape index (κ3) is 6.30. The summed E-state index contributed by atoms with van der Waals surface area (Å²) in [6.45, 7) is 6.26. The van der Waals surface area contributed by atoms with Gasteiger partial charge in [-0.3, -0.25) is 14.5 Å². The van der Waals surface area contributed by atoms with Gasteiger partial charge in [0, 0.05) is 28.5 Å². The van der Waals surface area contributed by atoms with Gasteiger partial charge in [-0.25, -0.2) is 22.2 Å². The number of halogens is 4. The van der Waals surface area contributed by atoms with Crippen molar-refractivity contribution in [1.29, 1.82) is 0 Å². The summed E-state index contributed by atoms with van der Waals surface area (Å²) >= 11 is 0. The van der Waals surface area contributed by atoms with E-state index >= 15 is 0 Å². The number of carbonyl (C=O) groups excluding carboxylic acids is 2. The maximum Gasteiger partial charge on any atom is 0.416 e. The van der Waals surface area contributed by atoms with Gasteiger partial charge in [0.15, 0.2) is 0 Å². The number of allylic oxidation sites excluding steroid dienone is 1. The number of likely N-dealkylation sites (N-methyl/N-ethyl adjacent to an activating group) is 1. The zero-order valence-corrected chi connectivity index (χ0v) is 25.5. The molecule has 5 rings (SSSR count). The van der Waals surface area contributed by atoms with Crippen molar-refractivity contribution in [2.24, 2.45) is 0 Å². The van der Waals surface area contributed by atoms with Crippen molar-refractivity contribution in [1.82, 2.24) is 19.8 Å². The molecule has 14 heteroatoms. The lowest BCUT2D eigenvalue weighted by atomic mass is 9.80. The minimum absolute atomic E-state index is 0.0906. The average molecular weight is 656 g/mol. The van der Waals surface area contributed by atoms with Crippen LogP contribution in [0.4, 0.5) is 23.4 Å². The second kappa shape index (κ2) is 12.5. The van der Waals surface area contributed by atoms with Crippen LogP contribution in [0.5, 0.6) is 0 Å². The van der Waals surface area contributed by atoms with Gasteiger partial charge >= 0.3 is 6.18 Å². The van der Waals surface area contributed by atoms with Crippen molar-refractivity contribution in [3.8, 4) is 5.69 Å². The third-order valence-electron chi connectivity index (χ3n) is 7.58. The number of hydrogen-bond acceptors (Lipinski definition) is 5. The molecule has 2 amide bonds. The van der Waals surface area contributed by atoms with Gasteiger partial charge < -0.3 is 5.32 Å². The highest BCUT2D eigenvalue weighted by molar-refractivity contribution is 7.93. The molecule has 46 heavy (non-hydrogen) atoms. The Labute approximate surface area is 262 Å². The van der Waals surface area contributed by atoms with E-state index in [4.69, 9.17) is 5.10 Å². The standard InChI is InChI=1S/C32H29F4N5O4S/c1-4-40-30-27(25(18-37-46(44,45)19(2)3)39-41(30)24-11-6-5-7-12-24)26(20-13-15-23(33)16-14-20)28(31(40)43)38-29(42)21-9-8-10-22(17-21)32(34,35)36/h5-17,26,28,37H,2,4,18H2,1,3H3,(H,38,42). The molecule has 0 saturated carbocycles. The number of aromatic nitrogens is 2. The van der Waals surface area contributed by atoms with Crippen LogP contribution < -0.4 is 14.9 Å². The predicted molar refractivity (Wildman–Crippen MR) is 163 cm³/mol. The number of sulfonamides is 1. The Bertz CT molecular complexity index is 1910. The Morgan fingerprint density at radius 3 is 2.30 bits per heavy atom. The lowest BCUT2D eigenvalue weighted by Gasteiger charge is -2.38. The summed E-state index contributed by atoms with van der Waals surface area (Å²) in [5.41, 5.74) is 0.0987. The molecule has 0 saturated heterocycles. The third-order valence-corrected chi connectivity index (χ3v) is 9.02. The molecule has 0 radical (unpaired) electrons. The summed E-state index contributed by atoms with van der Waals surface area (Å²) in [5.74, 6) is -2.88. The zero-order chi connectivity index (χ0) is 33.4. The van der Waals surface area contributed by atoms with E-state index in [0.29, 0.717) is 28.7 Å². The van der Waals surface area contributed by atoms with E-state index < -0.39 is 51.4 Å². The second-order valence-corrected chi connectivity index (χ2v) is 12.6. The summed E-state index contributed by atoms with van der Waals surface area (Å²) in [4.78, 5) is 29.0. The maximum absolute atomic E-state index is 14.3. The molecule has 240 valence electrons. The smallest absolute Gasteiger partial charge is 0.339 e. The summed E-state index contributed by atoms with van der Waals surface area (Å²) < 4.78 is 83.7. The van der Waals surface area contributed by atoms with Gasteiger partial charge in [-0.2, -0.15) is 18.3 Å². The fraction of sp³-hybridized carbons (Fsp3) is 0.219. The molecule has 2 atom stereocenters. The number of anilines is 1. The Kier molecular flexibility index (Phi) is 8.87. The number of hydrogen-bond donors (Lipinski definition) is 2. The van der Waals surface area contributed by atoms with Crippen LogP contribution in [0.15, 0.2) is 90.3 Å². The van der Waals surface area contributed by atoms with Gasteiger partial charge in [-0.05, 0) is 61.9 Å². The molecule has 0 bridgehead atoms. The summed E-state index contributed by atoms with van der Waals surface area (Å²) in [6, 6.07) is 16.3. The second-order valence-electron chi connectivity index (χ2n) is 10.6. The Hall–Kier alpha value is -4.82. The quantitative estimate of drug-likeness (QED) is 0.238. The lowest BCUT2D eigenvalue weighted by Crippen LogP contribution is -2.55. The maximum atomic E-state index is 14.3. The van der Waals surface area contributed by atoms with E-state index in [9.17, 15) is 35.6 Å². The number of benzene rings is 3. The van der Waals surface area contributed by atoms with E-state index in [1.54, 1.807) is 37.3 Å². The van der Waals surface area contributed by atoms with Crippen LogP contribution >= 0.6 is 0 Å². The highest BCUT2D eigenvalue weighted by Crippen LogP contribution is 2.44. The molecule has 0 fully saturated rings. The molecule has 2 unspecified atom stereocenters. The van der Waals surface area contributed by atoms with Crippen LogP contribution in [0.25, 0.3) is 5.69 Å². The van der Waals surface area contributed by atoms with E-state index in [2.05, 4.69) is 16.6 Å². The van der Waals surface area contributed by atoms with E-state index in [0.717, 1.165) is 12.1 Å². The van der Waals surface area contributed by atoms with Gasteiger partial charge in [0.2, 0.25) is 10.0 Å². The molecule has 1 aromatic heterocycles. The highest BCUT2D eigenvalue weighted by Gasteiger charge is 2.46. The van der Waals surface area contributed by atoms with E-state index in [1.807, 2.05) is 0 Å². The van der Waals surface area contributed by atoms with Crippen molar-refractivity contribution in [3.05, 3.63) is 124 Å². The van der Waals surface area contributed by atoms with Crippen LogP contribution in [0, 0.1) is 5.82 Å². The summed E-state index contributed by atoms with van der Waals surface area (Å²) in [5, 5.41) is 7.33. The number of nitrogens with zero attached hydrogens (tertiary/aromatic N) is 3. The number of para-hydroxylation sites is 1. The molecule has 4 aromatic rings. The number of alkyl halides is 3. The molecular weight excluding hydrogens is 626 g/mol. The topological polar surface area (TPSA) is 113 Å². The van der Waals surface area contributed by atoms with Crippen molar-refractivity contribution in [2.75, 3.05) is 11.4 Å². The minimum atomic E-state index is -4.71. The van der Waals surface area contributed by atoms with Gasteiger partial charge in [0.25, 0.3) is 11.8 Å². The molecule has 0 spiro atoms. The first-order chi connectivity index (χ1) is 21.7. The Balaban J connectivity index is 1.71. The largest absolute Gasteiger partial charge is 0.416 e. The monoisotopic (exact) mass is 655 g/mol. The first-order valence-corrected chi connectivity index (χ1v) is 15.6. The Morgan fingerprint density at radius 1 is 1.02 bits per heavy atom. The highest BCUT2D eigenvalue weighted by atomic mass is 32.2. The number of nitrogens with one attached hydrogen (secondary N) is 2. The predicted octanol–water partition coefficient (Wildman–Crippen LogP) is 5.28. The molecule has 1 aliphatic heterocycles. The van der Waals surface area contributed by atoms with Gasteiger partial charge in [-0.1, -0.05) is 43.0 Å². The first-order valence-electron chi connectivity index (χ1n) is 14.1. The zero-order valence-electron chi connectivity index (χ0n) is 24.7. The SMILES string of the molecule is C=C(C)S(=O)(=O)NCc1nn(-c2ccccc2)c2c1C(c1ccc(F)cc1)C(NC(=O)c1cccc(C(F)(F)F)c1)C(=O)N2CC. The van der Waals surface area contributed by atoms with Gasteiger partial charge in [0.05, 0.1) is 23.5 Å². The molecule has 1 aliphatic rings. The van der Waals surface area contributed by atoms with Crippen molar-refractivity contribution in [2.45, 2.75) is 38.5 Å². The molecule has 9 nitrogen and oxygen atoms in total. The number of rotatable bonds is 9. The molecule has 3 aromatic carbocycles. The Morgan fingerprint density at radius 2 is 1.70 bits per heavy atom. The summed E-state index contributed by atoms with van der Waals surface area (Å²) in [6.07, 6.45) is -4.71. The van der Waals surface area contributed by atoms with Crippen molar-refractivity contribution >= 4 is 27.7 Å². The van der Waals surface area contributed by atoms with Gasteiger partial charge in [0.1, 0.15) is 17.7 Å². The van der Waals surface area contributed by atoms with Crippen molar-refractivity contribution < 1.29 is 35.6 Å². The van der Waals surface area contributed by atoms with Crippen LogP contribution in [-0.2, 0) is 27.5 Å². The van der Waals surface area contributed by atoms with Crippen LogP contribution in [0.2, 0.25) is 0 Å². The number of fused-ring (bicyclic) bond motifs is 1. The normalized spacial score (nSPS) is 16.7. The average Bonchev–Trinajstić information content (AvgIpc) is 3.40. The van der Waals surface area contributed by atoms with Crippen LogP contribution in [0.1, 0.15) is 52.5 Å². The van der Waals surface area contributed by atoms with Crippen LogP contribution in [0.3, 0.4) is 0 Å². The molecule has 2 heterocycles.